The Balaban J connectivity index is 2.19. The van der Waals surface area contributed by atoms with E-state index in [1.807, 2.05) is 0 Å². The van der Waals surface area contributed by atoms with Crippen LogP contribution in [0.15, 0.2) is 18.3 Å². The summed E-state index contributed by atoms with van der Waals surface area (Å²) in [6, 6.07) is 2.32. The molecule has 1 aromatic carbocycles. The van der Waals surface area contributed by atoms with Crippen LogP contribution in [0.4, 0.5) is 19.1 Å². The van der Waals surface area contributed by atoms with Gasteiger partial charge in [0.05, 0.1) is 17.5 Å². The number of alkyl halides is 3. The summed E-state index contributed by atoms with van der Waals surface area (Å²) in [5, 5.41) is 4.60. The number of nitrogens with zero attached hydrogens (tertiary/aromatic N) is 4. The molecule has 2 heterocycles. The summed E-state index contributed by atoms with van der Waals surface area (Å²) in [5.74, 6) is -0.406. The van der Waals surface area contributed by atoms with Gasteiger partial charge in [-0.2, -0.15) is 10.1 Å². The molecule has 3 aromatic rings. The first-order valence-corrected chi connectivity index (χ1v) is 7.16. The molecular weight excluding hydrogens is 363 g/mol. The van der Waals surface area contributed by atoms with Crippen LogP contribution in [0.3, 0.4) is 0 Å². The highest BCUT2D eigenvalue weighted by Crippen LogP contribution is 2.41. The van der Waals surface area contributed by atoms with Crippen molar-refractivity contribution in [3.8, 4) is 22.8 Å². The number of methoxy groups -OCH3 is 1. The van der Waals surface area contributed by atoms with Crippen LogP contribution >= 0.6 is 11.6 Å². The molecule has 132 valence electrons. The maximum atomic E-state index is 12.5. The number of nitrogens with two attached hydrogens (primary N) is 1. The number of benzene rings is 1. The van der Waals surface area contributed by atoms with E-state index in [0.717, 1.165) is 6.07 Å². The Morgan fingerprint density at radius 2 is 1.96 bits per heavy atom. The summed E-state index contributed by atoms with van der Waals surface area (Å²) in [4.78, 5) is 8.00. The molecular formula is C14H11ClF3N5O2. The average Bonchev–Trinajstić information content (AvgIpc) is 2.84. The molecule has 11 heteroatoms. The SMILES string of the molecule is COc1cc(OC(F)(F)F)c(Cl)cc1-c1nn(C)c2nc(N)ncc12. The van der Waals surface area contributed by atoms with E-state index in [2.05, 4.69) is 19.8 Å². The molecule has 2 N–H and O–H groups in total. The lowest BCUT2D eigenvalue weighted by atomic mass is 10.1. The van der Waals surface area contributed by atoms with Crippen molar-refractivity contribution < 1.29 is 22.6 Å². The van der Waals surface area contributed by atoms with Crippen LogP contribution < -0.4 is 15.2 Å². The number of fused-ring (bicyclic) bond motifs is 1. The van der Waals surface area contributed by atoms with Gasteiger partial charge in [0.1, 0.15) is 11.4 Å². The lowest BCUT2D eigenvalue weighted by Crippen LogP contribution is -2.17. The van der Waals surface area contributed by atoms with Gasteiger partial charge in [-0.3, -0.25) is 0 Å². The minimum Gasteiger partial charge on any atom is -0.496 e. The molecule has 0 aliphatic carbocycles. The van der Waals surface area contributed by atoms with Crippen LogP contribution in [0.1, 0.15) is 0 Å². The number of ether oxygens (including phenoxy) is 2. The summed E-state index contributed by atoms with van der Waals surface area (Å²) in [5.41, 5.74) is 6.77. The number of halogens is 4. The Morgan fingerprint density at radius 3 is 2.60 bits per heavy atom. The Hall–Kier alpha value is -2.75. The van der Waals surface area contributed by atoms with Gasteiger partial charge in [-0.15, -0.1) is 13.2 Å². The number of anilines is 1. The van der Waals surface area contributed by atoms with Crippen molar-refractivity contribution in [2.75, 3.05) is 12.8 Å². The highest BCUT2D eigenvalue weighted by Gasteiger charge is 2.33. The molecule has 2 aromatic heterocycles. The predicted molar refractivity (Wildman–Crippen MR) is 84.4 cm³/mol. The van der Waals surface area contributed by atoms with Crippen molar-refractivity contribution >= 4 is 28.6 Å². The van der Waals surface area contributed by atoms with Crippen LogP contribution in [0.25, 0.3) is 22.3 Å². The fraction of sp³-hybridized carbons (Fsp3) is 0.214. The van der Waals surface area contributed by atoms with Gasteiger partial charge in [-0.25, -0.2) is 9.67 Å². The summed E-state index contributed by atoms with van der Waals surface area (Å²) in [6.45, 7) is 0. The van der Waals surface area contributed by atoms with E-state index in [4.69, 9.17) is 22.1 Å². The Labute approximate surface area is 144 Å². The Kier molecular flexibility index (Phi) is 4.07. The summed E-state index contributed by atoms with van der Waals surface area (Å²) >= 11 is 5.93. The molecule has 3 rings (SSSR count). The van der Waals surface area contributed by atoms with E-state index in [1.165, 1.54) is 24.1 Å². The molecule has 0 spiro atoms. The van der Waals surface area contributed by atoms with Crippen LogP contribution in [-0.2, 0) is 7.05 Å². The van der Waals surface area contributed by atoms with Gasteiger partial charge in [0.25, 0.3) is 0 Å². The number of hydrogen-bond acceptors (Lipinski definition) is 6. The summed E-state index contributed by atoms with van der Waals surface area (Å²) < 4.78 is 47.9. The zero-order valence-electron chi connectivity index (χ0n) is 12.9. The zero-order chi connectivity index (χ0) is 18.4. The van der Waals surface area contributed by atoms with E-state index in [1.54, 1.807) is 7.05 Å². The van der Waals surface area contributed by atoms with Crippen molar-refractivity contribution in [3.05, 3.63) is 23.4 Å². The summed E-state index contributed by atoms with van der Waals surface area (Å²) in [6.07, 6.45) is -3.41. The first-order valence-electron chi connectivity index (χ1n) is 6.78. The monoisotopic (exact) mass is 373 g/mol. The third kappa shape index (κ3) is 3.25. The van der Waals surface area contributed by atoms with Crippen molar-refractivity contribution in [2.45, 2.75) is 6.36 Å². The van der Waals surface area contributed by atoms with Crippen LogP contribution in [0.5, 0.6) is 11.5 Å². The molecule has 0 amide bonds. The van der Waals surface area contributed by atoms with Gasteiger partial charge in [0, 0.05) is 24.9 Å². The Bertz CT molecular complexity index is 958. The first-order chi connectivity index (χ1) is 11.7. The third-order valence-electron chi connectivity index (χ3n) is 3.33. The van der Waals surface area contributed by atoms with Crippen LogP contribution in [-0.4, -0.2) is 33.2 Å². The van der Waals surface area contributed by atoms with Gasteiger partial charge in [-0.1, -0.05) is 11.6 Å². The van der Waals surface area contributed by atoms with E-state index < -0.39 is 12.1 Å². The highest BCUT2D eigenvalue weighted by atomic mass is 35.5. The standard InChI is InChI=1S/C14H11ClF3N5O2/c1-23-12-7(5-20-13(19)21-12)11(22-23)6-3-8(15)10(4-9(6)24-2)25-14(16,17)18/h3-5H,1-2H3,(H2,19,20,21). The molecule has 0 radical (unpaired) electrons. The second-order valence-corrected chi connectivity index (χ2v) is 5.38. The molecule has 0 saturated heterocycles. The maximum absolute atomic E-state index is 12.5. The van der Waals surface area contributed by atoms with Gasteiger partial charge >= 0.3 is 6.36 Å². The predicted octanol–water partition coefficient (Wildman–Crippen LogP) is 3.17. The Morgan fingerprint density at radius 1 is 1.24 bits per heavy atom. The number of aryl methyl sites for hydroxylation is 1. The first kappa shape index (κ1) is 17.1. The average molecular weight is 374 g/mol. The normalized spacial score (nSPS) is 11.8. The van der Waals surface area contributed by atoms with E-state index in [0.29, 0.717) is 22.3 Å². The molecule has 0 aliphatic heterocycles. The van der Waals surface area contributed by atoms with E-state index >= 15 is 0 Å². The smallest absolute Gasteiger partial charge is 0.496 e. The van der Waals surface area contributed by atoms with E-state index in [9.17, 15) is 13.2 Å². The molecule has 0 bridgehead atoms. The number of hydrogen-bond donors (Lipinski definition) is 1. The van der Waals surface area contributed by atoms with Crippen molar-refractivity contribution in [1.29, 1.82) is 0 Å². The molecule has 25 heavy (non-hydrogen) atoms. The molecule has 7 nitrogen and oxygen atoms in total. The molecule has 0 atom stereocenters. The summed E-state index contributed by atoms with van der Waals surface area (Å²) in [7, 11) is 2.96. The van der Waals surface area contributed by atoms with Gasteiger partial charge in [0.2, 0.25) is 5.95 Å². The topological polar surface area (TPSA) is 88.1 Å². The van der Waals surface area contributed by atoms with Gasteiger partial charge in [0.15, 0.2) is 11.4 Å². The second kappa shape index (κ2) is 5.96. The zero-order valence-corrected chi connectivity index (χ0v) is 13.7. The quantitative estimate of drug-likeness (QED) is 0.758. The maximum Gasteiger partial charge on any atom is 0.573 e. The molecule has 0 fully saturated rings. The highest BCUT2D eigenvalue weighted by molar-refractivity contribution is 6.32. The fourth-order valence-electron chi connectivity index (χ4n) is 2.34. The van der Waals surface area contributed by atoms with Gasteiger partial charge in [-0.05, 0) is 6.07 Å². The second-order valence-electron chi connectivity index (χ2n) is 4.97. The third-order valence-corrected chi connectivity index (χ3v) is 3.63. The van der Waals surface area contributed by atoms with Crippen molar-refractivity contribution in [2.24, 2.45) is 7.05 Å². The molecule has 0 aliphatic rings. The van der Waals surface area contributed by atoms with Crippen LogP contribution in [0.2, 0.25) is 5.02 Å². The van der Waals surface area contributed by atoms with E-state index in [-0.39, 0.29) is 16.7 Å². The van der Waals surface area contributed by atoms with Gasteiger partial charge < -0.3 is 15.2 Å². The van der Waals surface area contributed by atoms with Crippen molar-refractivity contribution in [1.82, 2.24) is 19.7 Å². The number of aromatic nitrogens is 4. The minimum atomic E-state index is -4.88. The largest absolute Gasteiger partial charge is 0.573 e. The number of nitrogen functional groups attached to an aromatic ring is 1. The fourth-order valence-corrected chi connectivity index (χ4v) is 2.54. The molecule has 0 unspecified atom stereocenters. The van der Waals surface area contributed by atoms with Crippen LogP contribution in [0, 0.1) is 0 Å². The molecule has 0 saturated carbocycles. The minimum absolute atomic E-state index is 0.0703. The van der Waals surface area contributed by atoms with Crippen molar-refractivity contribution in [3.63, 3.8) is 0 Å². The number of rotatable bonds is 3. The lowest BCUT2D eigenvalue weighted by Gasteiger charge is -2.14. The lowest BCUT2D eigenvalue weighted by molar-refractivity contribution is -0.274.